The zero-order chi connectivity index (χ0) is 16.1. The maximum atomic E-state index is 12.4. The molecule has 1 atom stereocenters. The molecule has 3 rings (SSSR count). The minimum absolute atomic E-state index is 0.137. The van der Waals surface area contributed by atoms with E-state index in [2.05, 4.69) is 10.3 Å². The topological polar surface area (TPSA) is 51.2 Å². The third-order valence-electron chi connectivity index (χ3n) is 3.55. The summed E-state index contributed by atoms with van der Waals surface area (Å²) in [7, 11) is 0. The zero-order valence-electron chi connectivity index (χ0n) is 12.5. The lowest BCUT2D eigenvalue weighted by atomic mass is 10.2. The van der Waals surface area contributed by atoms with Gasteiger partial charge in [0, 0.05) is 23.5 Å². The van der Waals surface area contributed by atoms with Crippen LogP contribution in [0.3, 0.4) is 0 Å². The average Bonchev–Trinajstić information content (AvgIpc) is 3.07. The van der Waals surface area contributed by atoms with Crippen LogP contribution in [0, 0.1) is 0 Å². The number of aromatic nitrogens is 1. The highest BCUT2D eigenvalue weighted by Crippen LogP contribution is 2.24. The number of rotatable bonds is 5. The first-order valence-corrected chi connectivity index (χ1v) is 8.98. The van der Waals surface area contributed by atoms with Crippen LogP contribution in [0.15, 0.2) is 42.6 Å². The molecule has 2 aromatic rings. The van der Waals surface area contributed by atoms with Crippen molar-refractivity contribution in [3.63, 3.8) is 0 Å². The molecule has 1 aliphatic heterocycles. The van der Waals surface area contributed by atoms with E-state index in [4.69, 9.17) is 16.3 Å². The summed E-state index contributed by atoms with van der Waals surface area (Å²) in [6.45, 7) is 0.434. The van der Waals surface area contributed by atoms with Crippen molar-refractivity contribution in [3.05, 3.63) is 58.7 Å². The molecule has 0 radical (unpaired) electrons. The van der Waals surface area contributed by atoms with Gasteiger partial charge in [-0.25, -0.2) is 4.98 Å². The molecule has 6 heteroatoms. The van der Waals surface area contributed by atoms with E-state index in [0.29, 0.717) is 23.0 Å². The van der Waals surface area contributed by atoms with Gasteiger partial charge in [-0.2, -0.15) is 11.8 Å². The molecule has 0 spiro atoms. The predicted octanol–water partition coefficient (Wildman–Crippen LogP) is 3.55. The quantitative estimate of drug-likeness (QED) is 0.897. The summed E-state index contributed by atoms with van der Waals surface area (Å²) in [4.78, 5) is 16.6. The summed E-state index contributed by atoms with van der Waals surface area (Å²) in [6, 6.07) is 10.9. The Labute approximate surface area is 144 Å². The summed E-state index contributed by atoms with van der Waals surface area (Å²) < 4.78 is 5.89. The van der Waals surface area contributed by atoms with E-state index in [0.717, 1.165) is 23.5 Å². The van der Waals surface area contributed by atoms with Gasteiger partial charge in [0.05, 0.1) is 0 Å². The van der Waals surface area contributed by atoms with E-state index in [1.165, 1.54) is 0 Å². The first kappa shape index (κ1) is 16.1. The van der Waals surface area contributed by atoms with Gasteiger partial charge < -0.3 is 10.1 Å². The average molecular weight is 349 g/mol. The third-order valence-corrected chi connectivity index (χ3v) is 4.93. The molecule has 1 unspecified atom stereocenters. The number of carbonyl (C=O) groups is 1. The molecule has 1 saturated heterocycles. The largest absolute Gasteiger partial charge is 0.473 e. The Morgan fingerprint density at radius 3 is 2.91 bits per heavy atom. The van der Waals surface area contributed by atoms with Crippen molar-refractivity contribution in [2.45, 2.75) is 19.1 Å². The van der Waals surface area contributed by atoms with Gasteiger partial charge in [-0.15, -0.1) is 0 Å². The highest BCUT2D eigenvalue weighted by atomic mass is 35.5. The van der Waals surface area contributed by atoms with Crippen molar-refractivity contribution in [2.24, 2.45) is 0 Å². The fourth-order valence-electron chi connectivity index (χ4n) is 2.30. The Bertz CT molecular complexity index is 673. The van der Waals surface area contributed by atoms with Crippen LogP contribution in [0.2, 0.25) is 5.02 Å². The van der Waals surface area contributed by atoms with E-state index >= 15 is 0 Å². The second-order valence-corrected chi connectivity index (χ2v) is 6.85. The number of amides is 1. The maximum absolute atomic E-state index is 12.4. The van der Waals surface area contributed by atoms with Gasteiger partial charge in [0.15, 0.2) is 0 Å². The van der Waals surface area contributed by atoms with E-state index < -0.39 is 0 Å². The Hall–Kier alpha value is -1.72. The van der Waals surface area contributed by atoms with Crippen molar-refractivity contribution in [1.29, 1.82) is 0 Å². The molecule has 1 aromatic carbocycles. The molecule has 4 nitrogen and oxygen atoms in total. The number of nitrogens with one attached hydrogen (secondary N) is 1. The highest BCUT2D eigenvalue weighted by Gasteiger charge is 2.21. The van der Waals surface area contributed by atoms with Crippen LogP contribution in [0.25, 0.3) is 0 Å². The van der Waals surface area contributed by atoms with Crippen LogP contribution in [-0.4, -0.2) is 28.5 Å². The molecule has 0 aliphatic carbocycles. The van der Waals surface area contributed by atoms with E-state index in [1.54, 1.807) is 30.5 Å². The monoisotopic (exact) mass is 348 g/mol. The number of benzene rings is 1. The second-order valence-electron chi connectivity index (χ2n) is 5.27. The summed E-state index contributed by atoms with van der Waals surface area (Å²) in [6.07, 6.45) is 2.78. The van der Waals surface area contributed by atoms with Gasteiger partial charge in [0.2, 0.25) is 5.88 Å². The first-order chi connectivity index (χ1) is 11.2. The normalized spacial score (nSPS) is 17.0. The van der Waals surface area contributed by atoms with Gasteiger partial charge in [-0.1, -0.05) is 23.7 Å². The lowest BCUT2D eigenvalue weighted by Gasteiger charge is -2.14. The Kier molecular flexibility index (Phi) is 5.41. The number of pyridine rings is 1. The summed E-state index contributed by atoms with van der Waals surface area (Å²) in [5.41, 5.74) is 1.46. The molecule has 0 saturated carbocycles. The van der Waals surface area contributed by atoms with Crippen LogP contribution < -0.4 is 10.1 Å². The molecule has 23 heavy (non-hydrogen) atoms. The third kappa shape index (κ3) is 4.39. The minimum atomic E-state index is -0.186. The van der Waals surface area contributed by atoms with Crippen LogP contribution >= 0.6 is 23.4 Å². The second kappa shape index (κ2) is 7.70. The smallest absolute Gasteiger partial charge is 0.257 e. The van der Waals surface area contributed by atoms with E-state index in [1.807, 2.05) is 23.9 Å². The number of halogens is 1. The van der Waals surface area contributed by atoms with Gasteiger partial charge in [-0.3, -0.25) is 4.79 Å². The zero-order valence-corrected chi connectivity index (χ0v) is 14.1. The Morgan fingerprint density at radius 1 is 1.35 bits per heavy atom. The van der Waals surface area contributed by atoms with Crippen molar-refractivity contribution < 1.29 is 9.53 Å². The molecule has 2 heterocycles. The Balaban J connectivity index is 1.65. The van der Waals surface area contributed by atoms with Crippen molar-refractivity contribution >= 4 is 29.3 Å². The summed E-state index contributed by atoms with van der Waals surface area (Å²) in [5, 5.41) is 3.57. The number of hydrogen-bond donors (Lipinski definition) is 1. The lowest BCUT2D eigenvalue weighted by Crippen LogP contribution is -2.25. The molecule has 1 N–H and O–H groups in total. The Morgan fingerprint density at radius 2 is 2.17 bits per heavy atom. The molecule has 120 valence electrons. The van der Waals surface area contributed by atoms with Gasteiger partial charge >= 0.3 is 0 Å². The fraction of sp³-hybridized carbons (Fsp3) is 0.294. The van der Waals surface area contributed by atoms with Crippen LogP contribution in [-0.2, 0) is 6.54 Å². The van der Waals surface area contributed by atoms with E-state index in [-0.39, 0.29) is 12.0 Å². The lowest BCUT2D eigenvalue weighted by molar-refractivity contribution is 0.0943. The molecule has 1 fully saturated rings. The van der Waals surface area contributed by atoms with Crippen molar-refractivity contribution in [2.75, 3.05) is 11.5 Å². The summed E-state index contributed by atoms with van der Waals surface area (Å²) in [5.74, 6) is 2.26. The first-order valence-electron chi connectivity index (χ1n) is 7.44. The van der Waals surface area contributed by atoms with Crippen molar-refractivity contribution in [3.8, 4) is 5.88 Å². The van der Waals surface area contributed by atoms with Gasteiger partial charge in [0.25, 0.3) is 5.91 Å². The number of ether oxygens (including phenoxy) is 1. The minimum Gasteiger partial charge on any atom is -0.473 e. The number of thioether (sulfide) groups is 1. The highest BCUT2D eigenvalue weighted by molar-refractivity contribution is 7.99. The van der Waals surface area contributed by atoms with Gasteiger partial charge in [0.1, 0.15) is 11.7 Å². The molecule has 0 bridgehead atoms. The number of carbonyl (C=O) groups excluding carboxylic acids is 1. The molecule has 1 aliphatic rings. The predicted molar refractivity (Wildman–Crippen MR) is 93.2 cm³/mol. The van der Waals surface area contributed by atoms with Crippen LogP contribution in [0.5, 0.6) is 5.88 Å². The fourth-order valence-corrected chi connectivity index (χ4v) is 3.52. The van der Waals surface area contributed by atoms with Crippen LogP contribution in [0.1, 0.15) is 22.3 Å². The standard InChI is InChI=1S/C17H17ClN2O2S/c18-13-5-3-12(4-6-13)10-20-16(21)15-2-1-8-19-17(15)22-14-7-9-23-11-14/h1-6,8,14H,7,9-11H2,(H,20,21). The van der Waals surface area contributed by atoms with E-state index in [9.17, 15) is 4.79 Å². The van der Waals surface area contributed by atoms with Gasteiger partial charge in [-0.05, 0) is 42.0 Å². The SMILES string of the molecule is O=C(NCc1ccc(Cl)cc1)c1cccnc1OC1CCSC1. The number of nitrogens with zero attached hydrogens (tertiary/aromatic N) is 1. The van der Waals surface area contributed by atoms with Crippen molar-refractivity contribution in [1.82, 2.24) is 10.3 Å². The molecule has 1 amide bonds. The maximum Gasteiger partial charge on any atom is 0.257 e. The molecule has 1 aromatic heterocycles. The van der Waals surface area contributed by atoms with Crippen LogP contribution in [0.4, 0.5) is 0 Å². The molecular formula is C17H17ClN2O2S. The molecular weight excluding hydrogens is 332 g/mol. The number of hydrogen-bond acceptors (Lipinski definition) is 4. The summed E-state index contributed by atoms with van der Waals surface area (Å²) >= 11 is 7.72.